The Morgan fingerprint density at radius 3 is 2.71 bits per heavy atom. The van der Waals surface area contributed by atoms with E-state index in [9.17, 15) is 4.79 Å². The Labute approximate surface area is 121 Å². The molecule has 0 amide bonds. The molecule has 2 aromatic rings. The van der Waals surface area contributed by atoms with Crippen molar-refractivity contribution in [2.45, 2.75) is 13.1 Å². The van der Waals surface area contributed by atoms with Crippen molar-refractivity contribution in [3.63, 3.8) is 0 Å². The number of hydrogen-bond acceptors (Lipinski definition) is 6. The first-order valence-electron chi connectivity index (χ1n) is 6.17. The Balaban J connectivity index is 2.40. The molecule has 0 bridgehead atoms. The number of nitrogens with two attached hydrogens (primary N) is 1. The Morgan fingerprint density at radius 1 is 1.38 bits per heavy atom. The van der Waals surface area contributed by atoms with Crippen LogP contribution in [0.15, 0.2) is 18.2 Å². The number of ether oxygens (including phenoxy) is 2. The molecule has 0 radical (unpaired) electrons. The lowest BCUT2D eigenvalue weighted by atomic mass is 10.2. The molecule has 1 aromatic carbocycles. The molecule has 3 N–H and O–H groups in total. The van der Waals surface area contributed by atoms with Crippen LogP contribution in [0.25, 0.3) is 0 Å². The third-order valence-corrected chi connectivity index (χ3v) is 3.04. The average molecular weight is 292 g/mol. The van der Waals surface area contributed by atoms with Gasteiger partial charge in [0.1, 0.15) is 11.5 Å². The summed E-state index contributed by atoms with van der Waals surface area (Å²) in [7, 11) is 3.12. The first-order valence-corrected chi connectivity index (χ1v) is 6.17. The van der Waals surface area contributed by atoms with Gasteiger partial charge in [-0.15, -0.1) is 5.10 Å². The number of carbonyl (C=O) groups is 1. The first kappa shape index (κ1) is 14.8. The lowest BCUT2D eigenvalue weighted by molar-refractivity contribution is 0.0689. The van der Waals surface area contributed by atoms with Gasteiger partial charge in [-0.2, -0.15) is 0 Å². The summed E-state index contributed by atoms with van der Waals surface area (Å²) in [4.78, 5) is 11.1. The van der Waals surface area contributed by atoms with Crippen LogP contribution in [0.3, 0.4) is 0 Å². The lowest BCUT2D eigenvalue weighted by Crippen LogP contribution is -2.13. The molecular formula is C13H16N4O4. The molecule has 0 saturated carbocycles. The maximum Gasteiger partial charge on any atom is 0.358 e. The largest absolute Gasteiger partial charge is 0.497 e. The minimum Gasteiger partial charge on any atom is -0.497 e. The molecule has 0 saturated heterocycles. The predicted octanol–water partition coefficient (Wildman–Crippen LogP) is 0.500. The SMILES string of the molecule is COc1ccc(OC)c(Cn2nnc(C(=O)O)c2CN)c1. The zero-order valence-electron chi connectivity index (χ0n) is 11.7. The van der Waals surface area contributed by atoms with Gasteiger partial charge in [-0.1, -0.05) is 5.21 Å². The van der Waals surface area contributed by atoms with Crippen LogP contribution in [0.5, 0.6) is 11.5 Å². The maximum atomic E-state index is 11.1. The lowest BCUT2D eigenvalue weighted by Gasteiger charge is -2.11. The number of methoxy groups -OCH3 is 2. The van der Waals surface area contributed by atoms with Crippen LogP contribution >= 0.6 is 0 Å². The van der Waals surface area contributed by atoms with E-state index in [0.717, 1.165) is 5.56 Å². The van der Waals surface area contributed by atoms with Gasteiger partial charge in [0.15, 0.2) is 5.69 Å². The third-order valence-electron chi connectivity index (χ3n) is 3.04. The van der Waals surface area contributed by atoms with E-state index in [1.807, 2.05) is 0 Å². The molecule has 0 aliphatic rings. The Morgan fingerprint density at radius 2 is 2.14 bits per heavy atom. The monoisotopic (exact) mass is 292 g/mol. The smallest absolute Gasteiger partial charge is 0.358 e. The molecule has 0 atom stereocenters. The van der Waals surface area contributed by atoms with Crippen molar-refractivity contribution in [3.8, 4) is 11.5 Å². The number of carboxylic acids is 1. The van der Waals surface area contributed by atoms with Crippen LogP contribution in [-0.4, -0.2) is 40.3 Å². The molecular weight excluding hydrogens is 276 g/mol. The van der Waals surface area contributed by atoms with Crippen molar-refractivity contribution < 1.29 is 19.4 Å². The van der Waals surface area contributed by atoms with Crippen LogP contribution < -0.4 is 15.2 Å². The highest BCUT2D eigenvalue weighted by Crippen LogP contribution is 2.25. The fourth-order valence-electron chi connectivity index (χ4n) is 1.99. The van der Waals surface area contributed by atoms with Gasteiger partial charge in [0, 0.05) is 12.1 Å². The summed E-state index contributed by atoms with van der Waals surface area (Å²) in [6.45, 7) is 0.314. The van der Waals surface area contributed by atoms with Crippen molar-refractivity contribution in [1.82, 2.24) is 15.0 Å². The summed E-state index contributed by atoms with van der Waals surface area (Å²) >= 11 is 0. The molecule has 0 spiro atoms. The Kier molecular flexibility index (Phi) is 4.39. The third kappa shape index (κ3) is 2.95. The van der Waals surface area contributed by atoms with E-state index < -0.39 is 5.97 Å². The van der Waals surface area contributed by atoms with Gasteiger partial charge < -0.3 is 20.3 Å². The normalized spacial score (nSPS) is 10.4. The van der Waals surface area contributed by atoms with Gasteiger partial charge in [0.2, 0.25) is 0 Å². The fraction of sp³-hybridized carbons (Fsp3) is 0.308. The minimum atomic E-state index is -1.15. The quantitative estimate of drug-likeness (QED) is 0.797. The molecule has 2 rings (SSSR count). The topological polar surface area (TPSA) is 112 Å². The van der Waals surface area contributed by atoms with E-state index in [-0.39, 0.29) is 18.8 Å². The van der Waals surface area contributed by atoms with E-state index >= 15 is 0 Å². The number of nitrogens with zero attached hydrogens (tertiary/aromatic N) is 3. The predicted molar refractivity (Wildman–Crippen MR) is 73.5 cm³/mol. The summed E-state index contributed by atoms with van der Waals surface area (Å²) in [6, 6.07) is 5.34. The van der Waals surface area contributed by atoms with Gasteiger partial charge >= 0.3 is 5.97 Å². The van der Waals surface area contributed by atoms with Gasteiger partial charge in [0.25, 0.3) is 0 Å². The van der Waals surface area contributed by atoms with Crippen LogP contribution in [0, 0.1) is 0 Å². The fourth-order valence-corrected chi connectivity index (χ4v) is 1.99. The highest BCUT2D eigenvalue weighted by atomic mass is 16.5. The van der Waals surface area contributed by atoms with Crippen LogP contribution in [0.1, 0.15) is 21.7 Å². The summed E-state index contributed by atoms with van der Waals surface area (Å²) < 4.78 is 11.9. The Bertz CT molecular complexity index is 654. The number of carboxylic acid groups (broad SMARTS) is 1. The molecule has 8 heteroatoms. The second-order valence-electron chi connectivity index (χ2n) is 4.23. The standard InChI is InChI=1S/C13H16N4O4/c1-20-9-3-4-11(21-2)8(5-9)7-17-10(6-14)12(13(18)19)15-16-17/h3-5H,6-7,14H2,1-2H3,(H,18,19). The first-order chi connectivity index (χ1) is 10.1. The summed E-state index contributed by atoms with van der Waals surface area (Å²) in [5.41, 5.74) is 6.59. The molecule has 0 aliphatic carbocycles. The Hall–Kier alpha value is -2.61. The average Bonchev–Trinajstić information content (AvgIpc) is 2.90. The summed E-state index contributed by atoms with van der Waals surface area (Å²) in [6.07, 6.45) is 0. The molecule has 1 heterocycles. The van der Waals surface area contributed by atoms with Crippen molar-refractivity contribution in [2.24, 2.45) is 5.73 Å². The molecule has 0 aliphatic heterocycles. The molecule has 1 aromatic heterocycles. The van der Waals surface area contributed by atoms with Crippen LogP contribution in [-0.2, 0) is 13.1 Å². The van der Waals surface area contributed by atoms with E-state index in [0.29, 0.717) is 17.2 Å². The van der Waals surface area contributed by atoms with E-state index in [1.54, 1.807) is 32.4 Å². The van der Waals surface area contributed by atoms with E-state index in [2.05, 4.69) is 10.3 Å². The molecule has 8 nitrogen and oxygen atoms in total. The molecule has 112 valence electrons. The second-order valence-corrected chi connectivity index (χ2v) is 4.23. The zero-order chi connectivity index (χ0) is 15.4. The summed E-state index contributed by atoms with van der Waals surface area (Å²) in [5.74, 6) is 0.157. The van der Waals surface area contributed by atoms with Crippen molar-refractivity contribution >= 4 is 5.97 Å². The summed E-state index contributed by atoms with van der Waals surface area (Å²) in [5, 5.41) is 16.5. The highest BCUT2D eigenvalue weighted by Gasteiger charge is 2.18. The van der Waals surface area contributed by atoms with E-state index in [4.69, 9.17) is 20.3 Å². The van der Waals surface area contributed by atoms with Gasteiger partial charge in [0.05, 0.1) is 26.5 Å². The van der Waals surface area contributed by atoms with Crippen molar-refractivity contribution in [3.05, 3.63) is 35.2 Å². The number of rotatable bonds is 6. The number of benzene rings is 1. The van der Waals surface area contributed by atoms with Crippen molar-refractivity contribution in [2.75, 3.05) is 14.2 Å². The number of aromatic carboxylic acids is 1. The molecule has 0 unspecified atom stereocenters. The molecule has 21 heavy (non-hydrogen) atoms. The number of aromatic nitrogens is 3. The van der Waals surface area contributed by atoms with Crippen LogP contribution in [0.2, 0.25) is 0 Å². The molecule has 0 fully saturated rings. The van der Waals surface area contributed by atoms with Gasteiger partial charge in [-0.05, 0) is 18.2 Å². The number of hydrogen-bond donors (Lipinski definition) is 2. The van der Waals surface area contributed by atoms with Gasteiger partial charge in [-0.25, -0.2) is 9.48 Å². The van der Waals surface area contributed by atoms with Gasteiger partial charge in [-0.3, -0.25) is 0 Å². The van der Waals surface area contributed by atoms with Crippen molar-refractivity contribution in [1.29, 1.82) is 0 Å². The van der Waals surface area contributed by atoms with E-state index in [1.165, 1.54) is 4.68 Å². The minimum absolute atomic E-state index is 0.0287. The van der Waals surface area contributed by atoms with Crippen LogP contribution in [0.4, 0.5) is 0 Å². The highest BCUT2D eigenvalue weighted by molar-refractivity contribution is 5.86. The maximum absolute atomic E-state index is 11.1. The second kappa shape index (κ2) is 6.23. The zero-order valence-corrected chi connectivity index (χ0v) is 11.7.